The summed E-state index contributed by atoms with van der Waals surface area (Å²) >= 11 is 1.78. The van der Waals surface area contributed by atoms with Crippen LogP contribution in [0, 0.1) is 6.92 Å². The van der Waals surface area contributed by atoms with Crippen LogP contribution in [0.3, 0.4) is 0 Å². The van der Waals surface area contributed by atoms with E-state index in [9.17, 15) is 0 Å². The second-order valence-corrected chi connectivity index (χ2v) is 7.41. The first-order valence-electron chi connectivity index (χ1n) is 8.83. The summed E-state index contributed by atoms with van der Waals surface area (Å²) in [5, 5.41) is 8.95. The van der Waals surface area contributed by atoms with Gasteiger partial charge >= 0.3 is 0 Å². The van der Waals surface area contributed by atoms with Crippen molar-refractivity contribution in [3.8, 4) is 5.75 Å². The van der Waals surface area contributed by atoms with Crippen molar-refractivity contribution in [2.75, 3.05) is 41.3 Å². The van der Waals surface area contributed by atoms with Crippen molar-refractivity contribution < 1.29 is 4.74 Å². The molecule has 0 fully saturated rings. The first kappa shape index (κ1) is 23.7. The molecule has 0 saturated heterocycles. The van der Waals surface area contributed by atoms with Crippen molar-refractivity contribution in [3.63, 3.8) is 0 Å². The standard InChI is InChI=1S/C20H30N4OS.HI/c1-15-8-9-16(13-18(15)25-5)10-11-22-20(21-2)23-14-17(24(3)4)19-7-6-12-26-19;/h6-9,12-13,17H,10-11,14H2,1-5H3,(H2,21,22,23);1H. The molecule has 1 aromatic heterocycles. The average molecular weight is 502 g/mol. The fourth-order valence-electron chi connectivity index (χ4n) is 2.78. The molecule has 0 aliphatic carbocycles. The molecule has 0 spiro atoms. The molecule has 1 unspecified atom stereocenters. The van der Waals surface area contributed by atoms with Gasteiger partial charge in [-0.1, -0.05) is 18.2 Å². The summed E-state index contributed by atoms with van der Waals surface area (Å²) in [6.45, 7) is 3.68. The van der Waals surface area contributed by atoms with E-state index in [-0.39, 0.29) is 24.0 Å². The molecule has 1 atom stereocenters. The number of aliphatic imine (C=N–C) groups is 1. The highest BCUT2D eigenvalue weighted by Gasteiger charge is 2.15. The summed E-state index contributed by atoms with van der Waals surface area (Å²) in [5.74, 6) is 1.77. The highest BCUT2D eigenvalue weighted by Crippen LogP contribution is 2.22. The molecule has 0 aliphatic heterocycles. The molecular formula is C20H31IN4OS. The van der Waals surface area contributed by atoms with E-state index in [4.69, 9.17) is 4.74 Å². The quantitative estimate of drug-likeness (QED) is 0.329. The van der Waals surface area contributed by atoms with Crippen LogP contribution in [0.2, 0.25) is 0 Å². The van der Waals surface area contributed by atoms with Gasteiger partial charge in [-0.05, 0) is 56.1 Å². The minimum atomic E-state index is 0. The van der Waals surface area contributed by atoms with E-state index in [0.29, 0.717) is 6.04 Å². The van der Waals surface area contributed by atoms with Crippen LogP contribution in [0.1, 0.15) is 22.0 Å². The van der Waals surface area contributed by atoms with E-state index >= 15 is 0 Å². The van der Waals surface area contributed by atoms with Crippen LogP contribution < -0.4 is 15.4 Å². The molecule has 2 N–H and O–H groups in total. The fourth-order valence-corrected chi connectivity index (χ4v) is 3.70. The average Bonchev–Trinajstić information content (AvgIpc) is 3.15. The third kappa shape index (κ3) is 7.31. The highest BCUT2D eigenvalue weighted by atomic mass is 127. The molecule has 0 bridgehead atoms. The van der Waals surface area contributed by atoms with E-state index < -0.39 is 0 Å². The molecule has 0 radical (unpaired) electrons. The van der Waals surface area contributed by atoms with Crippen molar-refractivity contribution in [1.82, 2.24) is 15.5 Å². The lowest BCUT2D eigenvalue weighted by molar-refractivity contribution is 0.302. The minimum absolute atomic E-state index is 0. The lowest BCUT2D eigenvalue weighted by Gasteiger charge is -2.24. The van der Waals surface area contributed by atoms with E-state index in [1.54, 1.807) is 25.5 Å². The number of nitrogens with zero attached hydrogens (tertiary/aromatic N) is 2. The fraction of sp³-hybridized carbons (Fsp3) is 0.450. The van der Waals surface area contributed by atoms with Crippen LogP contribution in [0.5, 0.6) is 5.75 Å². The van der Waals surface area contributed by atoms with Crippen molar-refractivity contribution in [2.24, 2.45) is 4.99 Å². The molecule has 7 heteroatoms. The first-order valence-corrected chi connectivity index (χ1v) is 9.71. The number of nitrogens with one attached hydrogen (secondary N) is 2. The smallest absolute Gasteiger partial charge is 0.191 e. The van der Waals surface area contributed by atoms with Crippen LogP contribution >= 0.6 is 35.3 Å². The molecule has 0 saturated carbocycles. The maximum absolute atomic E-state index is 5.40. The number of thiophene rings is 1. The number of hydrogen-bond acceptors (Lipinski definition) is 4. The Balaban J connectivity index is 0.00000364. The number of benzene rings is 1. The Labute approximate surface area is 184 Å². The number of ether oxygens (including phenoxy) is 1. The molecule has 5 nitrogen and oxygen atoms in total. The molecule has 1 aromatic carbocycles. The van der Waals surface area contributed by atoms with Crippen molar-refractivity contribution in [1.29, 1.82) is 0 Å². The Morgan fingerprint density at radius 3 is 2.63 bits per heavy atom. The predicted molar refractivity (Wildman–Crippen MR) is 127 cm³/mol. The number of likely N-dealkylation sites (N-methyl/N-ethyl adjacent to an activating group) is 1. The third-order valence-electron chi connectivity index (χ3n) is 4.36. The first-order chi connectivity index (χ1) is 12.5. The van der Waals surface area contributed by atoms with E-state index in [1.165, 1.54) is 10.4 Å². The van der Waals surface area contributed by atoms with Gasteiger partial charge < -0.3 is 20.3 Å². The lowest BCUT2D eigenvalue weighted by atomic mass is 10.1. The maximum Gasteiger partial charge on any atom is 0.191 e. The van der Waals surface area contributed by atoms with Gasteiger partial charge in [-0.3, -0.25) is 4.99 Å². The van der Waals surface area contributed by atoms with Gasteiger partial charge in [-0.2, -0.15) is 0 Å². The Bertz CT molecular complexity index is 704. The van der Waals surface area contributed by atoms with Gasteiger partial charge in [0.05, 0.1) is 13.2 Å². The second kappa shape index (κ2) is 12.2. The third-order valence-corrected chi connectivity index (χ3v) is 5.33. The van der Waals surface area contributed by atoms with Crippen LogP contribution in [0.25, 0.3) is 0 Å². The largest absolute Gasteiger partial charge is 0.496 e. The number of aryl methyl sites for hydroxylation is 1. The van der Waals surface area contributed by atoms with Crippen molar-refractivity contribution >= 4 is 41.3 Å². The summed E-state index contributed by atoms with van der Waals surface area (Å²) in [4.78, 5) is 7.91. The van der Waals surface area contributed by atoms with Crippen LogP contribution in [0.4, 0.5) is 0 Å². The number of hydrogen-bond donors (Lipinski definition) is 2. The Morgan fingerprint density at radius 2 is 2.04 bits per heavy atom. The molecule has 0 aliphatic rings. The van der Waals surface area contributed by atoms with E-state index in [1.807, 2.05) is 0 Å². The van der Waals surface area contributed by atoms with E-state index in [0.717, 1.165) is 36.8 Å². The zero-order valence-electron chi connectivity index (χ0n) is 16.8. The molecule has 1 heterocycles. The van der Waals surface area contributed by atoms with Crippen molar-refractivity contribution in [3.05, 3.63) is 51.7 Å². The number of guanidine groups is 1. The molecule has 2 rings (SSSR count). The Hall–Kier alpha value is -1.32. The molecule has 0 amide bonds. The number of methoxy groups -OCH3 is 1. The summed E-state index contributed by atoms with van der Waals surface area (Å²) in [7, 11) is 7.73. The van der Waals surface area contributed by atoms with E-state index in [2.05, 4.69) is 77.3 Å². The van der Waals surface area contributed by atoms with Gasteiger partial charge in [0.2, 0.25) is 0 Å². The summed E-state index contributed by atoms with van der Waals surface area (Å²) in [5.41, 5.74) is 2.41. The lowest BCUT2D eigenvalue weighted by Crippen LogP contribution is -2.42. The zero-order chi connectivity index (χ0) is 18.9. The zero-order valence-corrected chi connectivity index (χ0v) is 19.9. The Morgan fingerprint density at radius 1 is 1.26 bits per heavy atom. The minimum Gasteiger partial charge on any atom is -0.496 e. The van der Waals surface area contributed by atoms with Gasteiger partial charge in [0.25, 0.3) is 0 Å². The highest BCUT2D eigenvalue weighted by molar-refractivity contribution is 14.0. The predicted octanol–water partition coefficient (Wildman–Crippen LogP) is 3.69. The second-order valence-electron chi connectivity index (χ2n) is 6.43. The van der Waals surface area contributed by atoms with Crippen LogP contribution in [-0.4, -0.2) is 52.2 Å². The topological polar surface area (TPSA) is 48.9 Å². The molecule has 27 heavy (non-hydrogen) atoms. The van der Waals surface area contributed by atoms with Gasteiger partial charge in [-0.15, -0.1) is 35.3 Å². The summed E-state index contributed by atoms with van der Waals surface area (Å²) in [6.07, 6.45) is 0.916. The van der Waals surface area contributed by atoms with Gasteiger partial charge in [0.1, 0.15) is 5.75 Å². The summed E-state index contributed by atoms with van der Waals surface area (Å²) in [6, 6.07) is 11.0. The molecule has 150 valence electrons. The normalized spacial score (nSPS) is 12.4. The monoisotopic (exact) mass is 502 g/mol. The van der Waals surface area contributed by atoms with Crippen LogP contribution in [-0.2, 0) is 6.42 Å². The van der Waals surface area contributed by atoms with Gasteiger partial charge in [-0.25, -0.2) is 0 Å². The van der Waals surface area contributed by atoms with Crippen LogP contribution in [0.15, 0.2) is 40.7 Å². The van der Waals surface area contributed by atoms with Gasteiger partial charge in [0.15, 0.2) is 5.96 Å². The molecule has 2 aromatic rings. The SMILES string of the molecule is CN=C(NCCc1ccc(C)c(OC)c1)NCC(c1cccs1)N(C)C.I. The van der Waals surface area contributed by atoms with Gasteiger partial charge in [0, 0.05) is 25.0 Å². The van der Waals surface area contributed by atoms with Crippen molar-refractivity contribution in [2.45, 2.75) is 19.4 Å². The summed E-state index contributed by atoms with van der Waals surface area (Å²) < 4.78 is 5.40. The maximum atomic E-state index is 5.40. The molecular weight excluding hydrogens is 471 g/mol. The Kier molecular flexibility index (Phi) is 10.7. The number of rotatable bonds is 8. The number of halogens is 1.